The second kappa shape index (κ2) is 4.66. The zero-order valence-corrected chi connectivity index (χ0v) is 10.4. The average molecular weight is 220 g/mol. The number of rotatable bonds is 3. The molecular formula is C13H20N2O. The van der Waals surface area contributed by atoms with Crippen molar-refractivity contribution in [3.05, 3.63) is 29.3 Å². The SMILES string of the molecule is CCC(C)(N)C(=O)Nc1ccc(C)cc1C. The van der Waals surface area contributed by atoms with E-state index in [-0.39, 0.29) is 5.91 Å². The third kappa shape index (κ3) is 2.83. The van der Waals surface area contributed by atoms with E-state index in [1.807, 2.05) is 39.0 Å². The summed E-state index contributed by atoms with van der Waals surface area (Å²) in [5.41, 5.74) is 8.14. The molecule has 0 aliphatic rings. The van der Waals surface area contributed by atoms with Gasteiger partial charge in [-0.15, -0.1) is 0 Å². The van der Waals surface area contributed by atoms with Crippen LogP contribution in [0.15, 0.2) is 18.2 Å². The number of carbonyl (C=O) groups is 1. The lowest BCUT2D eigenvalue weighted by Crippen LogP contribution is -2.47. The highest BCUT2D eigenvalue weighted by molar-refractivity contribution is 5.98. The first kappa shape index (κ1) is 12.7. The minimum Gasteiger partial charge on any atom is -0.324 e. The Morgan fingerprint density at radius 1 is 1.44 bits per heavy atom. The first-order valence-corrected chi connectivity index (χ1v) is 5.54. The van der Waals surface area contributed by atoms with E-state index in [0.717, 1.165) is 11.3 Å². The maximum absolute atomic E-state index is 11.9. The Balaban J connectivity index is 2.85. The Labute approximate surface area is 97.0 Å². The van der Waals surface area contributed by atoms with Gasteiger partial charge in [-0.2, -0.15) is 0 Å². The van der Waals surface area contributed by atoms with E-state index in [1.54, 1.807) is 6.92 Å². The van der Waals surface area contributed by atoms with Gasteiger partial charge in [-0.1, -0.05) is 24.6 Å². The molecule has 0 saturated heterocycles. The van der Waals surface area contributed by atoms with E-state index >= 15 is 0 Å². The average Bonchev–Trinajstić information content (AvgIpc) is 2.22. The fourth-order valence-corrected chi connectivity index (χ4v) is 1.38. The number of hydrogen-bond acceptors (Lipinski definition) is 2. The molecule has 1 amide bonds. The number of nitrogens with two attached hydrogens (primary N) is 1. The lowest BCUT2D eigenvalue weighted by molar-refractivity contribution is -0.120. The lowest BCUT2D eigenvalue weighted by atomic mass is 9.99. The summed E-state index contributed by atoms with van der Waals surface area (Å²) in [5.74, 6) is -0.137. The molecule has 3 heteroatoms. The third-order valence-electron chi connectivity index (χ3n) is 2.88. The molecule has 0 bridgehead atoms. The molecule has 1 rings (SSSR count). The van der Waals surface area contributed by atoms with E-state index < -0.39 is 5.54 Å². The summed E-state index contributed by atoms with van der Waals surface area (Å²) >= 11 is 0. The first-order chi connectivity index (χ1) is 7.36. The summed E-state index contributed by atoms with van der Waals surface area (Å²) in [7, 11) is 0. The lowest BCUT2D eigenvalue weighted by Gasteiger charge is -2.22. The number of amides is 1. The van der Waals surface area contributed by atoms with Crippen LogP contribution < -0.4 is 11.1 Å². The number of nitrogens with one attached hydrogen (secondary N) is 1. The van der Waals surface area contributed by atoms with Crippen molar-refractivity contribution in [2.45, 2.75) is 39.7 Å². The summed E-state index contributed by atoms with van der Waals surface area (Å²) in [4.78, 5) is 11.9. The number of carbonyl (C=O) groups excluding carboxylic acids is 1. The van der Waals surface area contributed by atoms with Crippen LogP contribution in [0.25, 0.3) is 0 Å². The molecule has 0 aliphatic heterocycles. The Bertz CT molecular complexity index is 397. The van der Waals surface area contributed by atoms with Crippen LogP contribution in [-0.2, 0) is 4.79 Å². The van der Waals surface area contributed by atoms with Gasteiger partial charge >= 0.3 is 0 Å². The smallest absolute Gasteiger partial charge is 0.244 e. The van der Waals surface area contributed by atoms with Crippen molar-refractivity contribution in [1.82, 2.24) is 0 Å². The Kier molecular flexibility index (Phi) is 3.70. The highest BCUT2D eigenvalue weighted by atomic mass is 16.2. The molecule has 1 atom stereocenters. The molecule has 1 aromatic carbocycles. The Hall–Kier alpha value is -1.35. The van der Waals surface area contributed by atoms with Gasteiger partial charge in [0.2, 0.25) is 5.91 Å². The second-order valence-corrected chi connectivity index (χ2v) is 4.54. The van der Waals surface area contributed by atoms with Crippen molar-refractivity contribution in [1.29, 1.82) is 0 Å². The topological polar surface area (TPSA) is 55.1 Å². The van der Waals surface area contributed by atoms with Gasteiger partial charge in [-0.25, -0.2) is 0 Å². The van der Waals surface area contributed by atoms with Crippen molar-refractivity contribution >= 4 is 11.6 Å². The molecule has 0 spiro atoms. The van der Waals surface area contributed by atoms with Crippen LogP contribution in [0.2, 0.25) is 0 Å². The van der Waals surface area contributed by atoms with Crippen LogP contribution in [0.3, 0.4) is 0 Å². The predicted molar refractivity (Wildman–Crippen MR) is 67.4 cm³/mol. The monoisotopic (exact) mass is 220 g/mol. The highest BCUT2D eigenvalue weighted by Crippen LogP contribution is 2.18. The molecular weight excluding hydrogens is 200 g/mol. The molecule has 3 nitrogen and oxygen atoms in total. The molecule has 1 unspecified atom stereocenters. The number of benzene rings is 1. The van der Waals surface area contributed by atoms with Gasteiger partial charge in [0.05, 0.1) is 5.54 Å². The molecule has 1 aromatic rings. The molecule has 0 saturated carbocycles. The first-order valence-electron chi connectivity index (χ1n) is 5.54. The van der Waals surface area contributed by atoms with Crippen LogP contribution in [0.4, 0.5) is 5.69 Å². The number of hydrogen-bond donors (Lipinski definition) is 2. The fourth-order valence-electron chi connectivity index (χ4n) is 1.38. The molecule has 0 heterocycles. The van der Waals surface area contributed by atoms with E-state index in [4.69, 9.17) is 5.73 Å². The Morgan fingerprint density at radius 3 is 2.56 bits per heavy atom. The molecule has 0 aromatic heterocycles. The van der Waals surface area contributed by atoms with Crippen molar-refractivity contribution in [2.75, 3.05) is 5.32 Å². The van der Waals surface area contributed by atoms with Gasteiger partial charge in [0.15, 0.2) is 0 Å². The predicted octanol–water partition coefficient (Wildman–Crippen LogP) is 2.37. The van der Waals surface area contributed by atoms with Gasteiger partial charge in [0.1, 0.15) is 0 Å². The molecule has 0 radical (unpaired) electrons. The van der Waals surface area contributed by atoms with Crippen LogP contribution in [0.1, 0.15) is 31.4 Å². The second-order valence-electron chi connectivity index (χ2n) is 4.54. The minimum absolute atomic E-state index is 0.137. The van der Waals surface area contributed by atoms with E-state index in [0.29, 0.717) is 6.42 Å². The van der Waals surface area contributed by atoms with Gasteiger partial charge in [-0.05, 0) is 38.8 Å². The summed E-state index contributed by atoms with van der Waals surface area (Å²) in [6.45, 7) is 7.65. The zero-order chi connectivity index (χ0) is 12.3. The van der Waals surface area contributed by atoms with E-state index in [1.165, 1.54) is 5.56 Å². The molecule has 88 valence electrons. The molecule has 3 N–H and O–H groups in total. The van der Waals surface area contributed by atoms with Gasteiger partial charge in [0.25, 0.3) is 0 Å². The van der Waals surface area contributed by atoms with Gasteiger partial charge in [-0.3, -0.25) is 4.79 Å². The van der Waals surface area contributed by atoms with Crippen molar-refractivity contribution < 1.29 is 4.79 Å². The number of anilines is 1. The Morgan fingerprint density at radius 2 is 2.06 bits per heavy atom. The van der Waals surface area contributed by atoms with Crippen molar-refractivity contribution in [3.8, 4) is 0 Å². The largest absolute Gasteiger partial charge is 0.324 e. The van der Waals surface area contributed by atoms with Crippen LogP contribution in [-0.4, -0.2) is 11.4 Å². The molecule has 0 aliphatic carbocycles. The van der Waals surface area contributed by atoms with Crippen molar-refractivity contribution in [2.24, 2.45) is 5.73 Å². The van der Waals surface area contributed by atoms with Crippen LogP contribution >= 0.6 is 0 Å². The fraction of sp³-hybridized carbons (Fsp3) is 0.462. The minimum atomic E-state index is -0.808. The van der Waals surface area contributed by atoms with Crippen molar-refractivity contribution in [3.63, 3.8) is 0 Å². The summed E-state index contributed by atoms with van der Waals surface area (Å²) in [6.07, 6.45) is 0.615. The standard InChI is InChI=1S/C13H20N2O/c1-5-13(4,14)12(16)15-11-7-6-9(2)8-10(11)3/h6-8H,5,14H2,1-4H3,(H,15,16). The van der Waals surface area contributed by atoms with Gasteiger partial charge in [0, 0.05) is 5.69 Å². The quantitative estimate of drug-likeness (QED) is 0.821. The summed E-state index contributed by atoms with van der Waals surface area (Å²) < 4.78 is 0. The van der Waals surface area contributed by atoms with Crippen LogP contribution in [0, 0.1) is 13.8 Å². The summed E-state index contributed by atoms with van der Waals surface area (Å²) in [6, 6.07) is 5.92. The highest BCUT2D eigenvalue weighted by Gasteiger charge is 2.26. The van der Waals surface area contributed by atoms with Crippen LogP contribution in [0.5, 0.6) is 0 Å². The van der Waals surface area contributed by atoms with E-state index in [9.17, 15) is 4.79 Å². The van der Waals surface area contributed by atoms with E-state index in [2.05, 4.69) is 5.32 Å². The third-order valence-corrected chi connectivity index (χ3v) is 2.88. The normalized spacial score (nSPS) is 14.3. The summed E-state index contributed by atoms with van der Waals surface area (Å²) in [5, 5.41) is 2.86. The molecule has 0 fully saturated rings. The maximum atomic E-state index is 11.9. The number of aryl methyl sites for hydroxylation is 2. The maximum Gasteiger partial charge on any atom is 0.244 e. The molecule has 16 heavy (non-hydrogen) atoms. The zero-order valence-electron chi connectivity index (χ0n) is 10.4. The van der Waals surface area contributed by atoms with Gasteiger partial charge < -0.3 is 11.1 Å².